The summed E-state index contributed by atoms with van der Waals surface area (Å²) in [6, 6.07) is -0.895. The zero-order chi connectivity index (χ0) is 50.8. The standard InChI is InChI=1S/C59H109N2O7P/c1-7-10-13-16-19-22-25-27-29-30-32-33-36-39-42-45-48-51-58(62)60-56(55-67-69(64,65)66-54-53-61(4,5)6)57(50-47-44-41-38-35-24-21-18-15-12-9-3)68-59(63)52-49-46-43-40-37-34-31-28-26-23-20-17-14-11-8-2/h11,14,17,20,23,26-27,29,47,50,56-57H,7-10,12-13,15-16,18-19,21-22,24-25,28,30-46,48-49,51-55H2,1-6H3,(H-,60,62,64,65)/b14-11+,20-17+,26-23+,29-27+,50-47+. The Labute approximate surface area is 426 Å². The zero-order valence-corrected chi connectivity index (χ0v) is 46.7. The Morgan fingerprint density at radius 3 is 1.42 bits per heavy atom. The molecule has 0 heterocycles. The van der Waals surface area contributed by atoms with Gasteiger partial charge in [0.15, 0.2) is 0 Å². The molecule has 0 aromatic carbocycles. The van der Waals surface area contributed by atoms with E-state index in [2.05, 4.69) is 74.7 Å². The highest BCUT2D eigenvalue weighted by Crippen LogP contribution is 2.38. The fourth-order valence-corrected chi connectivity index (χ4v) is 8.77. The first-order valence-corrected chi connectivity index (χ1v) is 30.1. The second kappa shape index (κ2) is 49.3. The highest BCUT2D eigenvalue weighted by molar-refractivity contribution is 7.45. The number of hydrogen-bond acceptors (Lipinski definition) is 7. The van der Waals surface area contributed by atoms with Crippen molar-refractivity contribution in [3.05, 3.63) is 60.8 Å². The minimum absolute atomic E-state index is 0.0265. The van der Waals surface area contributed by atoms with Gasteiger partial charge in [0, 0.05) is 12.8 Å². The van der Waals surface area contributed by atoms with Crippen LogP contribution in [0, 0.1) is 0 Å². The third-order valence-corrected chi connectivity index (χ3v) is 13.5. The smallest absolute Gasteiger partial charge is 0.306 e. The van der Waals surface area contributed by atoms with Gasteiger partial charge in [0.1, 0.15) is 19.3 Å². The van der Waals surface area contributed by atoms with E-state index in [0.717, 1.165) is 89.9 Å². The van der Waals surface area contributed by atoms with E-state index in [0.29, 0.717) is 17.4 Å². The largest absolute Gasteiger partial charge is 0.756 e. The molecule has 0 bridgehead atoms. The Balaban J connectivity index is 5.33. The van der Waals surface area contributed by atoms with Crippen LogP contribution < -0.4 is 10.2 Å². The lowest BCUT2D eigenvalue weighted by atomic mass is 10.1. The minimum atomic E-state index is -4.70. The second-order valence-electron chi connectivity index (χ2n) is 20.5. The number of nitrogens with zero attached hydrogens (tertiary/aromatic N) is 1. The SMILES string of the molecule is CC/C=C/C=C/C=C/CCCCCCCCCC(=O)OC(/C=C/CCCCCCCCCCC)C(COP(=O)([O-])OCC[N+](C)(C)C)NC(=O)CCCCCCCCC/C=C/CCCCCCCC. The van der Waals surface area contributed by atoms with Gasteiger partial charge in [-0.05, 0) is 76.7 Å². The lowest BCUT2D eigenvalue weighted by molar-refractivity contribution is -0.870. The van der Waals surface area contributed by atoms with Gasteiger partial charge in [-0.3, -0.25) is 14.2 Å². The summed E-state index contributed by atoms with van der Waals surface area (Å²) in [6.45, 7) is 6.69. The minimum Gasteiger partial charge on any atom is -0.756 e. The van der Waals surface area contributed by atoms with Gasteiger partial charge in [-0.25, -0.2) is 0 Å². The molecule has 3 unspecified atom stereocenters. The number of esters is 1. The van der Waals surface area contributed by atoms with Crippen LogP contribution in [0.2, 0.25) is 0 Å². The van der Waals surface area contributed by atoms with E-state index in [4.69, 9.17) is 13.8 Å². The molecule has 402 valence electrons. The van der Waals surface area contributed by atoms with E-state index >= 15 is 0 Å². The monoisotopic (exact) mass is 989 g/mol. The number of phosphoric acid groups is 1. The summed E-state index contributed by atoms with van der Waals surface area (Å²) in [5.41, 5.74) is 0. The van der Waals surface area contributed by atoms with Gasteiger partial charge >= 0.3 is 5.97 Å². The van der Waals surface area contributed by atoms with Gasteiger partial charge in [0.05, 0.1) is 33.8 Å². The van der Waals surface area contributed by atoms with Crippen molar-refractivity contribution in [3.8, 4) is 0 Å². The van der Waals surface area contributed by atoms with Gasteiger partial charge < -0.3 is 28.5 Å². The van der Waals surface area contributed by atoms with Gasteiger partial charge in [0.25, 0.3) is 7.82 Å². The van der Waals surface area contributed by atoms with Crippen LogP contribution in [0.1, 0.15) is 252 Å². The molecule has 0 aromatic rings. The molecule has 69 heavy (non-hydrogen) atoms. The molecule has 0 aliphatic heterocycles. The number of unbranched alkanes of at least 4 members (excludes halogenated alkanes) is 29. The van der Waals surface area contributed by atoms with E-state index in [1.165, 1.54) is 128 Å². The maximum atomic E-state index is 13.5. The fourth-order valence-electron chi connectivity index (χ4n) is 8.05. The van der Waals surface area contributed by atoms with E-state index in [1.807, 2.05) is 33.3 Å². The van der Waals surface area contributed by atoms with Gasteiger partial charge in [-0.1, -0.05) is 223 Å². The molecule has 3 atom stereocenters. The van der Waals surface area contributed by atoms with Crippen LogP contribution in [0.15, 0.2) is 60.8 Å². The van der Waals surface area contributed by atoms with Crippen LogP contribution in [0.25, 0.3) is 0 Å². The number of carbonyl (C=O) groups is 2. The molecule has 0 spiro atoms. The zero-order valence-electron chi connectivity index (χ0n) is 45.8. The summed E-state index contributed by atoms with van der Waals surface area (Å²) in [5, 5.41) is 3.01. The molecule has 0 saturated heterocycles. The van der Waals surface area contributed by atoms with Crippen LogP contribution in [-0.4, -0.2) is 69.4 Å². The predicted molar refractivity (Wildman–Crippen MR) is 293 cm³/mol. The van der Waals surface area contributed by atoms with Crippen molar-refractivity contribution in [2.45, 2.75) is 264 Å². The Morgan fingerprint density at radius 1 is 0.522 bits per heavy atom. The highest BCUT2D eigenvalue weighted by Gasteiger charge is 2.27. The topological polar surface area (TPSA) is 114 Å². The normalized spacial score (nSPS) is 14.2. The molecule has 9 nitrogen and oxygen atoms in total. The second-order valence-corrected chi connectivity index (χ2v) is 21.9. The van der Waals surface area contributed by atoms with E-state index in [1.54, 1.807) is 0 Å². The van der Waals surface area contributed by atoms with Crippen LogP contribution in [0.5, 0.6) is 0 Å². The number of amides is 1. The number of hydrogen-bond donors (Lipinski definition) is 1. The average Bonchev–Trinajstić information content (AvgIpc) is 3.31. The number of ether oxygens (including phenoxy) is 1. The summed E-state index contributed by atoms with van der Waals surface area (Å²) >= 11 is 0. The lowest BCUT2D eigenvalue weighted by Gasteiger charge is -2.30. The summed E-state index contributed by atoms with van der Waals surface area (Å²) in [6.07, 6.45) is 60.4. The summed E-state index contributed by atoms with van der Waals surface area (Å²) in [5.74, 6) is -0.559. The Morgan fingerprint density at radius 2 is 0.942 bits per heavy atom. The maximum Gasteiger partial charge on any atom is 0.306 e. The highest BCUT2D eigenvalue weighted by atomic mass is 31.2. The molecule has 0 radical (unpaired) electrons. The Bertz CT molecular complexity index is 1370. The molecule has 10 heteroatoms. The molecule has 0 fully saturated rings. The number of carbonyl (C=O) groups excluding carboxylic acids is 2. The Kier molecular flexibility index (Phi) is 47.7. The molecule has 1 N–H and O–H groups in total. The van der Waals surface area contributed by atoms with Crippen LogP contribution >= 0.6 is 7.82 Å². The molecule has 0 aliphatic carbocycles. The van der Waals surface area contributed by atoms with Crippen LogP contribution in [0.4, 0.5) is 0 Å². The first-order chi connectivity index (χ1) is 33.4. The van der Waals surface area contributed by atoms with Crippen molar-refractivity contribution < 1.29 is 37.3 Å². The molecular weight excluding hydrogens is 880 g/mol. The number of nitrogens with one attached hydrogen (secondary N) is 1. The molecule has 0 rings (SSSR count). The number of rotatable bonds is 51. The number of likely N-dealkylation sites (N-methyl/N-ethyl adjacent to an activating group) is 1. The van der Waals surface area contributed by atoms with E-state index in [9.17, 15) is 19.0 Å². The van der Waals surface area contributed by atoms with E-state index < -0.39 is 26.6 Å². The number of quaternary nitrogens is 1. The lowest BCUT2D eigenvalue weighted by Crippen LogP contribution is -2.47. The van der Waals surface area contributed by atoms with Crippen molar-refractivity contribution in [2.24, 2.45) is 0 Å². The summed E-state index contributed by atoms with van der Waals surface area (Å²) in [7, 11) is 1.17. The van der Waals surface area contributed by atoms with Crippen molar-refractivity contribution in [2.75, 3.05) is 40.9 Å². The Hall–Kier alpha value is -2.29. The van der Waals surface area contributed by atoms with Crippen LogP contribution in [0.3, 0.4) is 0 Å². The number of phosphoric ester groups is 1. The predicted octanol–water partition coefficient (Wildman–Crippen LogP) is 16.5. The molecule has 1 amide bonds. The van der Waals surface area contributed by atoms with Gasteiger partial charge in [-0.15, -0.1) is 0 Å². The molecule has 0 saturated carbocycles. The van der Waals surface area contributed by atoms with Gasteiger partial charge in [0.2, 0.25) is 5.91 Å². The quantitative estimate of drug-likeness (QED) is 0.0161. The van der Waals surface area contributed by atoms with E-state index in [-0.39, 0.29) is 24.9 Å². The molecule has 0 aromatic heterocycles. The summed E-state index contributed by atoms with van der Waals surface area (Å²) < 4.78 is 30.2. The molecular formula is C59H109N2O7P. The first-order valence-electron chi connectivity index (χ1n) is 28.6. The van der Waals surface area contributed by atoms with Crippen molar-refractivity contribution in [1.29, 1.82) is 0 Å². The average molecular weight is 990 g/mol. The third kappa shape index (κ3) is 50.4. The first kappa shape index (κ1) is 66.7. The fraction of sp³-hybridized carbons (Fsp3) is 0.797. The van der Waals surface area contributed by atoms with Crippen molar-refractivity contribution in [3.63, 3.8) is 0 Å². The third-order valence-electron chi connectivity index (χ3n) is 12.5. The van der Waals surface area contributed by atoms with Crippen molar-refractivity contribution in [1.82, 2.24) is 5.32 Å². The van der Waals surface area contributed by atoms with Crippen LogP contribution in [-0.2, 0) is 27.9 Å². The summed E-state index contributed by atoms with van der Waals surface area (Å²) in [4.78, 5) is 39.8. The number of allylic oxidation sites excluding steroid dienone is 9. The van der Waals surface area contributed by atoms with Crippen molar-refractivity contribution >= 4 is 19.7 Å². The maximum absolute atomic E-state index is 13.5. The van der Waals surface area contributed by atoms with Gasteiger partial charge in [-0.2, -0.15) is 0 Å². The molecule has 0 aliphatic rings.